The van der Waals surface area contributed by atoms with Gasteiger partial charge in [-0.15, -0.1) is 0 Å². The number of phenols is 1. The maximum atomic E-state index is 13.1. The number of hydrogen-bond donors (Lipinski definition) is 1. The molecular formula is C19H25NO2. The normalized spacial score (nSPS) is 34.5. The molecule has 3 aliphatic rings. The lowest BCUT2D eigenvalue weighted by Crippen LogP contribution is -2.61. The van der Waals surface area contributed by atoms with Crippen molar-refractivity contribution in [3.8, 4) is 5.75 Å². The maximum Gasteiger partial charge on any atom is 0.180 e. The third-order valence-corrected chi connectivity index (χ3v) is 6.48. The van der Waals surface area contributed by atoms with Crippen molar-refractivity contribution in [3.63, 3.8) is 0 Å². The molecule has 0 amide bonds. The van der Waals surface area contributed by atoms with Crippen LogP contribution in [-0.4, -0.2) is 34.9 Å². The summed E-state index contributed by atoms with van der Waals surface area (Å²) in [5, 5.41) is 9.93. The fraction of sp³-hybridized carbons (Fsp3) is 0.632. The number of piperidine rings is 1. The van der Waals surface area contributed by atoms with Gasteiger partial charge in [-0.3, -0.25) is 9.69 Å². The second kappa shape index (κ2) is 4.82. The van der Waals surface area contributed by atoms with Crippen LogP contribution in [0.3, 0.4) is 0 Å². The number of carbonyl (C=O) groups excluding carboxylic acids is 1. The van der Waals surface area contributed by atoms with E-state index in [1.54, 1.807) is 6.07 Å². The van der Waals surface area contributed by atoms with E-state index < -0.39 is 0 Å². The molecule has 4 rings (SSSR count). The van der Waals surface area contributed by atoms with Crippen LogP contribution in [0.25, 0.3) is 0 Å². The summed E-state index contributed by atoms with van der Waals surface area (Å²) >= 11 is 0. The summed E-state index contributed by atoms with van der Waals surface area (Å²) < 4.78 is 0. The number of likely N-dealkylation sites (tertiary alicyclic amines) is 1. The molecule has 3 nitrogen and oxygen atoms in total. The van der Waals surface area contributed by atoms with Crippen LogP contribution in [0, 0.1) is 11.8 Å². The number of ketones is 1. The van der Waals surface area contributed by atoms with Crippen LogP contribution in [0.5, 0.6) is 5.75 Å². The van der Waals surface area contributed by atoms with Gasteiger partial charge in [0.2, 0.25) is 0 Å². The summed E-state index contributed by atoms with van der Waals surface area (Å²) in [5.41, 5.74) is 1.99. The van der Waals surface area contributed by atoms with Gasteiger partial charge >= 0.3 is 0 Å². The fourth-order valence-corrected chi connectivity index (χ4v) is 4.95. The van der Waals surface area contributed by atoms with E-state index >= 15 is 0 Å². The van der Waals surface area contributed by atoms with Gasteiger partial charge in [0.1, 0.15) is 5.75 Å². The average Bonchev–Trinajstić information content (AvgIpc) is 3.30. The molecule has 1 N–H and O–H groups in total. The number of benzene rings is 1. The lowest BCUT2D eigenvalue weighted by atomic mass is 9.56. The summed E-state index contributed by atoms with van der Waals surface area (Å²) in [6, 6.07) is 5.39. The number of aromatic hydroxyl groups is 1. The van der Waals surface area contributed by atoms with Crippen molar-refractivity contribution in [3.05, 3.63) is 29.3 Å². The molecule has 3 atom stereocenters. The second-order valence-corrected chi connectivity index (χ2v) is 7.53. The first-order valence-corrected chi connectivity index (χ1v) is 8.68. The van der Waals surface area contributed by atoms with Crippen molar-refractivity contribution >= 4 is 5.78 Å². The minimum absolute atomic E-state index is 0.0337. The number of nitrogens with zero attached hydrogens (tertiary/aromatic N) is 1. The Balaban J connectivity index is 1.81. The fourth-order valence-electron chi connectivity index (χ4n) is 4.95. The van der Waals surface area contributed by atoms with E-state index in [9.17, 15) is 9.90 Å². The maximum absolute atomic E-state index is 13.1. The molecule has 0 aromatic heterocycles. The highest BCUT2D eigenvalue weighted by Gasteiger charge is 2.54. The molecule has 1 aromatic carbocycles. The van der Waals surface area contributed by atoms with Gasteiger partial charge in [-0.2, -0.15) is 0 Å². The first-order valence-electron chi connectivity index (χ1n) is 8.68. The van der Waals surface area contributed by atoms with Crippen molar-refractivity contribution in [2.45, 2.75) is 51.0 Å². The quantitative estimate of drug-likeness (QED) is 0.930. The Hall–Kier alpha value is -1.35. The molecular weight excluding hydrogens is 274 g/mol. The molecule has 2 fully saturated rings. The molecule has 3 heteroatoms. The SMILES string of the molecule is CC[C@]12CCN(CC3CC3)[C@H](C(=O)c3ccc(O)cc31)C2C. The average molecular weight is 299 g/mol. The highest BCUT2D eigenvalue weighted by Crippen LogP contribution is 2.51. The van der Waals surface area contributed by atoms with Crippen LogP contribution in [0.15, 0.2) is 18.2 Å². The van der Waals surface area contributed by atoms with E-state index in [0.717, 1.165) is 43.0 Å². The number of Topliss-reactive ketones (excluding diaryl/α,β-unsaturated/α-hetero) is 1. The first-order chi connectivity index (χ1) is 10.6. The van der Waals surface area contributed by atoms with Crippen LogP contribution < -0.4 is 0 Å². The van der Waals surface area contributed by atoms with Crippen LogP contribution >= 0.6 is 0 Å². The second-order valence-electron chi connectivity index (χ2n) is 7.53. The van der Waals surface area contributed by atoms with E-state index in [2.05, 4.69) is 18.7 Å². The van der Waals surface area contributed by atoms with Gasteiger partial charge in [-0.25, -0.2) is 0 Å². The molecule has 1 aliphatic heterocycles. The zero-order valence-electron chi connectivity index (χ0n) is 13.5. The number of carbonyl (C=O) groups is 1. The molecule has 1 saturated heterocycles. The molecule has 0 spiro atoms. The van der Waals surface area contributed by atoms with Crippen molar-refractivity contribution in [2.24, 2.45) is 11.8 Å². The molecule has 118 valence electrons. The Morgan fingerprint density at radius 3 is 2.82 bits per heavy atom. The Labute approximate surface area is 132 Å². The van der Waals surface area contributed by atoms with E-state index in [4.69, 9.17) is 0 Å². The molecule has 2 bridgehead atoms. The Morgan fingerprint density at radius 1 is 1.36 bits per heavy atom. The standard InChI is InChI=1S/C19H25NO2/c1-3-19-8-9-20(11-13-4-5-13)17(12(19)2)18(22)15-7-6-14(21)10-16(15)19/h6-7,10,12-13,17,21H,3-5,8-9,11H2,1-2H3/t12?,17-,19+/m0/s1. The molecule has 22 heavy (non-hydrogen) atoms. The molecule has 1 heterocycles. The largest absolute Gasteiger partial charge is 0.508 e. The van der Waals surface area contributed by atoms with Gasteiger partial charge in [-0.1, -0.05) is 13.8 Å². The van der Waals surface area contributed by atoms with Gasteiger partial charge < -0.3 is 5.11 Å². The predicted molar refractivity (Wildman–Crippen MR) is 86.3 cm³/mol. The van der Waals surface area contributed by atoms with Crippen molar-refractivity contribution < 1.29 is 9.90 Å². The number of fused-ring (bicyclic) bond motifs is 4. The van der Waals surface area contributed by atoms with E-state index in [0.29, 0.717) is 5.92 Å². The third kappa shape index (κ3) is 1.88. The number of phenolic OH excluding ortho intramolecular Hbond substituents is 1. The van der Waals surface area contributed by atoms with Gasteiger partial charge in [0, 0.05) is 17.5 Å². The molecule has 0 radical (unpaired) electrons. The summed E-state index contributed by atoms with van der Waals surface area (Å²) in [6.45, 7) is 6.58. The van der Waals surface area contributed by atoms with Crippen LogP contribution in [0.4, 0.5) is 0 Å². The van der Waals surface area contributed by atoms with Crippen LogP contribution in [-0.2, 0) is 5.41 Å². The smallest absolute Gasteiger partial charge is 0.180 e. The van der Waals surface area contributed by atoms with E-state index in [1.165, 1.54) is 12.8 Å². The predicted octanol–water partition coefficient (Wildman–Crippen LogP) is 3.36. The molecule has 1 unspecified atom stereocenters. The summed E-state index contributed by atoms with van der Waals surface area (Å²) in [4.78, 5) is 15.5. The summed E-state index contributed by atoms with van der Waals surface area (Å²) in [7, 11) is 0. The highest BCUT2D eigenvalue weighted by molar-refractivity contribution is 6.03. The molecule has 1 aromatic rings. The topological polar surface area (TPSA) is 40.5 Å². The number of hydrogen-bond acceptors (Lipinski definition) is 3. The number of rotatable bonds is 3. The van der Waals surface area contributed by atoms with Crippen LogP contribution in [0.2, 0.25) is 0 Å². The molecule has 1 saturated carbocycles. The van der Waals surface area contributed by atoms with Crippen molar-refractivity contribution in [1.29, 1.82) is 0 Å². The van der Waals surface area contributed by atoms with Crippen LogP contribution in [0.1, 0.15) is 55.5 Å². The van der Waals surface area contributed by atoms with Crippen molar-refractivity contribution in [1.82, 2.24) is 4.90 Å². The van der Waals surface area contributed by atoms with Crippen molar-refractivity contribution in [2.75, 3.05) is 13.1 Å². The minimum Gasteiger partial charge on any atom is -0.508 e. The van der Waals surface area contributed by atoms with Gasteiger partial charge in [0.25, 0.3) is 0 Å². The first kappa shape index (κ1) is 14.3. The van der Waals surface area contributed by atoms with E-state index in [1.807, 2.05) is 12.1 Å². The zero-order valence-corrected chi connectivity index (χ0v) is 13.5. The minimum atomic E-state index is 0.0337. The zero-order chi connectivity index (χ0) is 15.5. The highest BCUT2D eigenvalue weighted by atomic mass is 16.3. The Bertz CT molecular complexity index is 622. The Kier molecular flexibility index (Phi) is 3.12. The third-order valence-electron chi connectivity index (χ3n) is 6.48. The lowest BCUT2D eigenvalue weighted by molar-refractivity contribution is 0.0196. The van der Waals surface area contributed by atoms with Gasteiger partial charge in [0.05, 0.1) is 6.04 Å². The van der Waals surface area contributed by atoms with Gasteiger partial charge in [0.15, 0.2) is 5.78 Å². The van der Waals surface area contributed by atoms with Gasteiger partial charge in [-0.05, 0) is 67.8 Å². The summed E-state index contributed by atoms with van der Waals surface area (Å²) in [5.74, 6) is 1.69. The summed E-state index contributed by atoms with van der Waals surface area (Å²) in [6.07, 6.45) is 4.79. The molecule has 2 aliphatic carbocycles. The van der Waals surface area contributed by atoms with E-state index in [-0.39, 0.29) is 23.0 Å². The lowest BCUT2D eigenvalue weighted by Gasteiger charge is -2.55. The Morgan fingerprint density at radius 2 is 2.14 bits per heavy atom. The monoisotopic (exact) mass is 299 g/mol.